The third-order valence-electron chi connectivity index (χ3n) is 8.32. The lowest BCUT2D eigenvalue weighted by Gasteiger charge is -2.38. The Hall–Kier alpha value is -2.52. The summed E-state index contributed by atoms with van der Waals surface area (Å²) in [5.41, 5.74) is 1.75. The Balaban J connectivity index is 1.77. The molecule has 2 unspecified atom stereocenters. The number of aliphatic hydroxyl groups excluding tert-OH is 1. The van der Waals surface area contributed by atoms with Gasteiger partial charge in [-0.05, 0) is 64.8 Å². The van der Waals surface area contributed by atoms with Crippen molar-refractivity contribution in [3.05, 3.63) is 36.9 Å². The van der Waals surface area contributed by atoms with Crippen LogP contribution < -0.4 is 9.80 Å². The van der Waals surface area contributed by atoms with E-state index in [1.54, 1.807) is 17.9 Å². The van der Waals surface area contributed by atoms with Gasteiger partial charge in [0.25, 0.3) is 5.91 Å². The fourth-order valence-electron chi connectivity index (χ4n) is 6.61. The first-order valence-corrected chi connectivity index (χ1v) is 13.5. The molecule has 2 bridgehead atoms. The van der Waals surface area contributed by atoms with Crippen molar-refractivity contribution < 1.29 is 24.6 Å². The smallest absolute Gasteiger partial charge is 0.308 e. The molecular formula is C27H37N3O5S. The van der Waals surface area contributed by atoms with Crippen LogP contribution in [0.15, 0.2) is 36.9 Å². The number of aliphatic carboxylic acids is 1. The molecule has 6 atom stereocenters. The second-order valence-electron chi connectivity index (χ2n) is 10.3. The SMILES string of the molecule is C=CCN(C(=O)C1N([C@H](C)CO)C(=O)[C@@H]2[C@H](C(=O)O)[C@]3(C)CCC12S3)c1ccc(N(CC)CC)cc1. The number of anilines is 2. The number of hydrogen-bond donors (Lipinski definition) is 2. The molecule has 2 amide bonds. The average Bonchev–Trinajstić information content (AvgIpc) is 3.43. The lowest BCUT2D eigenvalue weighted by atomic mass is 9.66. The number of rotatable bonds is 10. The molecule has 1 aromatic carbocycles. The highest BCUT2D eigenvalue weighted by atomic mass is 32.2. The van der Waals surface area contributed by atoms with Crippen LogP contribution in [0.5, 0.6) is 0 Å². The molecule has 36 heavy (non-hydrogen) atoms. The van der Waals surface area contributed by atoms with E-state index in [4.69, 9.17) is 0 Å². The number of hydrogen-bond acceptors (Lipinski definition) is 6. The number of amides is 2. The molecule has 0 aromatic heterocycles. The van der Waals surface area contributed by atoms with E-state index in [0.717, 1.165) is 18.8 Å². The van der Waals surface area contributed by atoms with Crippen LogP contribution in [-0.2, 0) is 14.4 Å². The quantitative estimate of drug-likeness (QED) is 0.462. The fourth-order valence-corrected chi connectivity index (χ4v) is 8.94. The maximum absolute atomic E-state index is 14.4. The normalized spacial score (nSPS) is 31.3. The van der Waals surface area contributed by atoms with Crippen LogP contribution in [-0.4, -0.2) is 80.7 Å². The van der Waals surface area contributed by atoms with Crippen LogP contribution in [0.25, 0.3) is 0 Å². The van der Waals surface area contributed by atoms with E-state index in [2.05, 4.69) is 25.3 Å². The molecule has 9 heteroatoms. The highest BCUT2D eigenvalue weighted by Crippen LogP contribution is 2.71. The molecule has 3 heterocycles. The van der Waals surface area contributed by atoms with Crippen molar-refractivity contribution in [1.29, 1.82) is 0 Å². The first-order valence-electron chi connectivity index (χ1n) is 12.7. The summed E-state index contributed by atoms with van der Waals surface area (Å²) in [5.74, 6) is -3.25. The molecule has 3 saturated heterocycles. The Morgan fingerprint density at radius 2 is 1.83 bits per heavy atom. The van der Waals surface area contributed by atoms with Gasteiger partial charge in [0.2, 0.25) is 5.91 Å². The van der Waals surface area contributed by atoms with Crippen molar-refractivity contribution in [2.45, 2.75) is 62.1 Å². The molecule has 1 aromatic rings. The Morgan fingerprint density at radius 3 is 2.36 bits per heavy atom. The average molecular weight is 516 g/mol. The van der Waals surface area contributed by atoms with Crippen molar-refractivity contribution in [3.8, 4) is 0 Å². The van der Waals surface area contributed by atoms with E-state index in [1.807, 2.05) is 31.2 Å². The van der Waals surface area contributed by atoms with Crippen LogP contribution in [0.3, 0.4) is 0 Å². The molecule has 4 rings (SSSR count). The van der Waals surface area contributed by atoms with Crippen molar-refractivity contribution in [2.75, 3.05) is 36.0 Å². The number of fused-ring (bicyclic) bond motifs is 1. The third kappa shape index (κ3) is 3.82. The van der Waals surface area contributed by atoms with Gasteiger partial charge >= 0.3 is 5.97 Å². The molecule has 196 valence electrons. The van der Waals surface area contributed by atoms with E-state index in [0.29, 0.717) is 18.5 Å². The minimum Gasteiger partial charge on any atom is -0.481 e. The van der Waals surface area contributed by atoms with Gasteiger partial charge in [0, 0.05) is 35.8 Å². The minimum atomic E-state index is -0.996. The largest absolute Gasteiger partial charge is 0.481 e. The summed E-state index contributed by atoms with van der Waals surface area (Å²) in [5, 5.41) is 20.1. The standard InChI is InChI=1S/C27H37N3O5S/c1-6-15-29(19-11-9-18(10-12-19)28(7-2)8-3)24(33)22-27-14-13-26(5,36-27)21(25(34)35)20(27)23(32)30(22)17(4)16-31/h6,9-12,17,20-22,31H,1,7-8,13-16H2,2-5H3,(H,34,35)/t17-,20+,21-,22?,26+,27?/m1/s1. The summed E-state index contributed by atoms with van der Waals surface area (Å²) in [6.45, 7) is 13.3. The summed E-state index contributed by atoms with van der Waals surface area (Å²) in [7, 11) is 0. The molecular weight excluding hydrogens is 478 g/mol. The van der Waals surface area contributed by atoms with Crippen LogP contribution in [0.4, 0.5) is 11.4 Å². The van der Waals surface area contributed by atoms with Gasteiger partial charge in [0.1, 0.15) is 6.04 Å². The molecule has 3 fully saturated rings. The highest BCUT2D eigenvalue weighted by molar-refractivity contribution is 8.02. The summed E-state index contributed by atoms with van der Waals surface area (Å²) >= 11 is 1.50. The second kappa shape index (κ2) is 9.74. The predicted molar refractivity (Wildman–Crippen MR) is 142 cm³/mol. The molecule has 2 N–H and O–H groups in total. The lowest BCUT2D eigenvalue weighted by Crippen LogP contribution is -2.57. The van der Waals surface area contributed by atoms with E-state index < -0.39 is 39.4 Å². The molecule has 0 saturated carbocycles. The van der Waals surface area contributed by atoms with E-state index in [9.17, 15) is 24.6 Å². The number of aliphatic hydroxyl groups is 1. The lowest BCUT2D eigenvalue weighted by molar-refractivity contribution is -0.150. The number of thioether (sulfide) groups is 1. The van der Waals surface area contributed by atoms with Gasteiger partial charge in [0.05, 0.1) is 29.2 Å². The third-order valence-corrected chi connectivity index (χ3v) is 10.3. The van der Waals surface area contributed by atoms with Crippen LogP contribution in [0.2, 0.25) is 0 Å². The molecule has 1 spiro atoms. The van der Waals surface area contributed by atoms with Gasteiger partial charge in [-0.3, -0.25) is 14.4 Å². The van der Waals surface area contributed by atoms with E-state index >= 15 is 0 Å². The summed E-state index contributed by atoms with van der Waals surface area (Å²) < 4.78 is -1.44. The fraction of sp³-hybridized carbons (Fsp3) is 0.593. The number of carboxylic acid groups (broad SMARTS) is 1. The minimum absolute atomic E-state index is 0.251. The van der Waals surface area contributed by atoms with Gasteiger partial charge in [-0.25, -0.2) is 0 Å². The van der Waals surface area contributed by atoms with Gasteiger partial charge < -0.3 is 24.9 Å². The number of benzene rings is 1. The first-order chi connectivity index (χ1) is 17.1. The van der Waals surface area contributed by atoms with Crippen molar-refractivity contribution in [3.63, 3.8) is 0 Å². The van der Waals surface area contributed by atoms with Gasteiger partial charge in [-0.15, -0.1) is 18.3 Å². The van der Waals surface area contributed by atoms with Crippen LogP contribution in [0, 0.1) is 11.8 Å². The first kappa shape index (κ1) is 26.5. The Labute approximate surface area is 217 Å². The zero-order chi connectivity index (χ0) is 26.4. The predicted octanol–water partition coefficient (Wildman–Crippen LogP) is 3.00. The maximum atomic E-state index is 14.4. The number of carboxylic acids is 1. The molecule has 0 aliphatic carbocycles. The van der Waals surface area contributed by atoms with Crippen molar-refractivity contribution >= 4 is 40.9 Å². The molecule has 8 nitrogen and oxygen atoms in total. The topological polar surface area (TPSA) is 101 Å². The summed E-state index contributed by atoms with van der Waals surface area (Å²) in [6.07, 6.45) is 2.87. The van der Waals surface area contributed by atoms with Crippen LogP contribution >= 0.6 is 11.8 Å². The number of carbonyl (C=O) groups is 3. The zero-order valence-electron chi connectivity index (χ0n) is 21.5. The second-order valence-corrected chi connectivity index (χ2v) is 12.2. The van der Waals surface area contributed by atoms with Gasteiger partial charge in [0.15, 0.2) is 0 Å². The van der Waals surface area contributed by atoms with Crippen LogP contribution in [0.1, 0.15) is 40.5 Å². The van der Waals surface area contributed by atoms with Gasteiger partial charge in [-0.2, -0.15) is 0 Å². The molecule has 0 radical (unpaired) electrons. The Bertz CT molecular complexity index is 1040. The molecule has 3 aliphatic rings. The highest BCUT2D eigenvalue weighted by Gasteiger charge is 2.77. The van der Waals surface area contributed by atoms with Crippen molar-refractivity contribution in [2.24, 2.45) is 11.8 Å². The molecule has 3 aliphatic heterocycles. The number of nitrogens with zero attached hydrogens (tertiary/aromatic N) is 3. The number of likely N-dealkylation sites (tertiary alicyclic amines) is 1. The summed E-state index contributed by atoms with van der Waals surface area (Å²) in [6, 6.07) is 6.30. The monoisotopic (exact) mass is 515 g/mol. The van der Waals surface area contributed by atoms with Crippen molar-refractivity contribution in [1.82, 2.24) is 4.90 Å². The summed E-state index contributed by atoms with van der Waals surface area (Å²) in [4.78, 5) is 45.8. The Morgan fingerprint density at radius 1 is 1.22 bits per heavy atom. The number of carbonyl (C=O) groups excluding carboxylic acids is 2. The van der Waals surface area contributed by atoms with E-state index in [1.165, 1.54) is 16.7 Å². The Kier molecular flexibility index (Phi) is 7.18. The van der Waals surface area contributed by atoms with E-state index in [-0.39, 0.29) is 25.0 Å². The maximum Gasteiger partial charge on any atom is 0.308 e. The zero-order valence-corrected chi connectivity index (χ0v) is 22.3. The van der Waals surface area contributed by atoms with Gasteiger partial charge in [-0.1, -0.05) is 6.08 Å².